The summed E-state index contributed by atoms with van der Waals surface area (Å²) >= 11 is 0. The van der Waals surface area contributed by atoms with Gasteiger partial charge < -0.3 is 19.4 Å². The molecule has 2 aromatic carbocycles. The number of hydrogen-bond acceptors (Lipinski definition) is 6. The Morgan fingerprint density at radius 1 is 1.00 bits per heavy atom. The van der Waals surface area contributed by atoms with Crippen LogP contribution in [0.4, 0.5) is 11.5 Å². The van der Waals surface area contributed by atoms with Crippen molar-refractivity contribution >= 4 is 23.3 Å². The van der Waals surface area contributed by atoms with E-state index in [1.165, 1.54) is 0 Å². The molecule has 2 amide bonds. The van der Waals surface area contributed by atoms with Crippen LogP contribution in [0.25, 0.3) is 11.3 Å². The second-order valence-corrected chi connectivity index (χ2v) is 9.02. The van der Waals surface area contributed by atoms with Gasteiger partial charge in [-0.2, -0.15) is 0 Å². The van der Waals surface area contributed by atoms with Crippen molar-refractivity contribution in [2.24, 2.45) is 5.92 Å². The third kappa shape index (κ3) is 4.69. The summed E-state index contributed by atoms with van der Waals surface area (Å²) in [5.74, 6) is 1.16. The van der Waals surface area contributed by atoms with Gasteiger partial charge in [-0.15, -0.1) is 0 Å². The van der Waals surface area contributed by atoms with Crippen LogP contribution in [0.3, 0.4) is 0 Å². The first kappa shape index (κ1) is 22.8. The van der Waals surface area contributed by atoms with Crippen molar-refractivity contribution in [1.82, 2.24) is 14.9 Å². The van der Waals surface area contributed by atoms with Crippen LogP contribution in [0.1, 0.15) is 12.0 Å². The number of carbonyl (C=O) groups is 2. The number of methoxy groups -OCH3 is 1. The Bertz CT molecular complexity index is 1220. The van der Waals surface area contributed by atoms with Crippen LogP contribution in [-0.2, 0) is 9.59 Å². The third-order valence-electron chi connectivity index (χ3n) is 6.74. The van der Waals surface area contributed by atoms with Gasteiger partial charge in [0.05, 0.1) is 24.4 Å². The highest BCUT2D eigenvalue weighted by Gasteiger charge is 2.39. The number of hydrogen-bond donors (Lipinski definition) is 0. The van der Waals surface area contributed by atoms with E-state index in [2.05, 4.69) is 14.9 Å². The molecule has 1 atom stereocenters. The highest BCUT2D eigenvalue weighted by Crippen LogP contribution is 2.34. The molecular weight excluding hydrogens is 442 g/mol. The molecule has 0 N–H and O–H groups in total. The molecule has 1 aromatic heterocycles. The number of aromatic nitrogens is 2. The van der Waals surface area contributed by atoms with Gasteiger partial charge in [0.25, 0.3) is 0 Å². The lowest BCUT2D eigenvalue weighted by Crippen LogP contribution is -2.51. The molecule has 1 unspecified atom stereocenters. The van der Waals surface area contributed by atoms with Gasteiger partial charge in [0.15, 0.2) is 0 Å². The van der Waals surface area contributed by atoms with E-state index >= 15 is 0 Å². The standard InChI is InChI=1S/C27H29N5O3/c1-19-8-9-24(35-2)23(14-19)32-17-21(15-26(32)33)27(34)31-12-10-30(11-13-31)25-16-22(28-18-29-25)20-6-4-3-5-7-20/h3-9,14,16,18,21H,10-13,15,17H2,1-2H3. The Hall–Kier alpha value is -3.94. The van der Waals surface area contributed by atoms with E-state index in [-0.39, 0.29) is 24.2 Å². The van der Waals surface area contributed by atoms with Gasteiger partial charge in [-0.05, 0) is 24.6 Å². The Labute approximate surface area is 205 Å². The number of piperazine rings is 1. The predicted octanol–water partition coefficient (Wildman–Crippen LogP) is 3.16. The average molecular weight is 472 g/mol. The minimum atomic E-state index is -0.344. The monoisotopic (exact) mass is 471 g/mol. The number of amides is 2. The molecular formula is C27H29N5O3. The van der Waals surface area contributed by atoms with Crippen molar-refractivity contribution in [3.8, 4) is 17.0 Å². The van der Waals surface area contributed by atoms with Gasteiger partial charge in [-0.25, -0.2) is 9.97 Å². The first-order valence-corrected chi connectivity index (χ1v) is 11.9. The van der Waals surface area contributed by atoms with E-state index in [4.69, 9.17) is 4.74 Å². The largest absolute Gasteiger partial charge is 0.495 e. The smallest absolute Gasteiger partial charge is 0.228 e. The van der Waals surface area contributed by atoms with Gasteiger partial charge in [0.1, 0.15) is 17.9 Å². The fraction of sp³-hybridized carbons (Fsp3) is 0.333. The zero-order valence-electron chi connectivity index (χ0n) is 20.1. The third-order valence-corrected chi connectivity index (χ3v) is 6.74. The highest BCUT2D eigenvalue weighted by molar-refractivity contribution is 6.01. The van der Waals surface area contributed by atoms with E-state index in [1.54, 1.807) is 18.3 Å². The van der Waals surface area contributed by atoms with E-state index < -0.39 is 0 Å². The molecule has 180 valence electrons. The molecule has 0 radical (unpaired) electrons. The zero-order valence-corrected chi connectivity index (χ0v) is 20.1. The Balaban J connectivity index is 1.23. The lowest BCUT2D eigenvalue weighted by atomic mass is 10.1. The highest BCUT2D eigenvalue weighted by atomic mass is 16.5. The summed E-state index contributed by atoms with van der Waals surface area (Å²) in [7, 11) is 1.59. The number of anilines is 2. The summed E-state index contributed by atoms with van der Waals surface area (Å²) in [5.41, 5.74) is 3.70. The number of ether oxygens (including phenoxy) is 1. The van der Waals surface area contributed by atoms with Crippen molar-refractivity contribution in [3.05, 3.63) is 66.5 Å². The molecule has 0 spiro atoms. The molecule has 3 heterocycles. The maximum absolute atomic E-state index is 13.3. The van der Waals surface area contributed by atoms with Crippen LogP contribution in [0, 0.1) is 12.8 Å². The van der Waals surface area contributed by atoms with Crippen LogP contribution in [0.2, 0.25) is 0 Å². The average Bonchev–Trinajstić information content (AvgIpc) is 3.30. The first-order valence-electron chi connectivity index (χ1n) is 11.9. The fourth-order valence-electron chi connectivity index (χ4n) is 4.82. The predicted molar refractivity (Wildman–Crippen MR) is 134 cm³/mol. The van der Waals surface area contributed by atoms with Crippen molar-refractivity contribution < 1.29 is 14.3 Å². The number of benzene rings is 2. The summed E-state index contributed by atoms with van der Waals surface area (Å²) in [6, 6.07) is 17.8. The second kappa shape index (κ2) is 9.74. The maximum Gasteiger partial charge on any atom is 0.228 e. The van der Waals surface area contributed by atoms with Crippen molar-refractivity contribution in [3.63, 3.8) is 0 Å². The molecule has 2 saturated heterocycles. The molecule has 2 aliphatic heterocycles. The van der Waals surface area contributed by atoms with Crippen molar-refractivity contribution in [2.45, 2.75) is 13.3 Å². The van der Waals surface area contributed by atoms with Gasteiger partial charge in [0, 0.05) is 50.8 Å². The summed E-state index contributed by atoms with van der Waals surface area (Å²) in [4.78, 5) is 40.7. The minimum absolute atomic E-state index is 0.0414. The quantitative estimate of drug-likeness (QED) is 0.569. The molecule has 8 heteroatoms. The lowest BCUT2D eigenvalue weighted by molar-refractivity contribution is -0.136. The lowest BCUT2D eigenvalue weighted by Gasteiger charge is -2.36. The van der Waals surface area contributed by atoms with Crippen LogP contribution >= 0.6 is 0 Å². The SMILES string of the molecule is COc1ccc(C)cc1N1CC(C(=O)N2CCN(c3cc(-c4ccccc4)ncn3)CC2)CC1=O. The first-order chi connectivity index (χ1) is 17.0. The van der Waals surface area contributed by atoms with E-state index in [0.29, 0.717) is 38.5 Å². The van der Waals surface area contributed by atoms with Gasteiger partial charge in [0.2, 0.25) is 11.8 Å². The number of rotatable bonds is 5. The maximum atomic E-state index is 13.3. The second-order valence-electron chi connectivity index (χ2n) is 9.02. The van der Waals surface area contributed by atoms with Gasteiger partial charge in [-0.3, -0.25) is 9.59 Å². The van der Waals surface area contributed by atoms with Crippen LogP contribution in [-0.4, -0.2) is 66.5 Å². The number of aryl methyl sites for hydroxylation is 1. The summed E-state index contributed by atoms with van der Waals surface area (Å²) in [6.07, 6.45) is 1.82. The normalized spacial score (nSPS) is 18.2. The molecule has 0 bridgehead atoms. The topological polar surface area (TPSA) is 78.9 Å². The zero-order chi connectivity index (χ0) is 24.4. The molecule has 5 rings (SSSR count). The molecule has 2 aliphatic rings. The number of carbonyl (C=O) groups excluding carboxylic acids is 2. The molecule has 8 nitrogen and oxygen atoms in total. The van der Waals surface area contributed by atoms with Crippen molar-refractivity contribution in [1.29, 1.82) is 0 Å². The van der Waals surface area contributed by atoms with E-state index in [1.807, 2.05) is 66.4 Å². The number of nitrogens with zero attached hydrogens (tertiary/aromatic N) is 5. The van der Waals surface area contributed by atoms with Gasteiger partial charge in [-0.1, -0.05) is 36.4 Å². The molecule has 35 heavy (non-hydrogen) atoms. The fourth-order valence-corrected chi connectivity index (χ4v) is 4.82. The van der Waals surface area contributed by atoms with E-state index in [9.17, 15) is 9.59 Å². The molecule has 0 aliphatic carbocycles. The Morgan fingerprint density at radius 3 is 2.51 bits per heavy atom. The van der Waals surface area contributed by atoms with Crippen molar-refractivity contribution in [2.75, 3.05) is 49.6 Å². The minimum Gasteiger partial charge on any atom is -0.495 e. The molecule has 3 aromatic rings. The molecule has 0 saturated carbocycles. The summed E-state index contributed by atoms with van der Waals surface area (Å²) in [5, 5.41) is 0. The van der Waals surface area contributed by atoms with Crippen LogP contribution in [0.5, 0.6) is 5.75 Å². The van der Waals surface area contributed by atoms with Crippen LogP contribution in [0.15, 0.2) is 60.9 Å². The van der Waals surface area contributed by atoms with Crippen LogP contribution < -0.4 is 14.5 Å². The van der Waals surface area contributed by atoms with E-state index in [0.717, 1.165) is 28.3 Å². The Kier molecular flexibility index (Phi) is 6.35. The van der Waals surface area contributed by atoms with Gasteiger partial charge >= 0.3 is 0 Å². The summed E-state index contributed by atoms with van der Waals surface area (Å²) < 4.78 is 5.46. The molecule has 2 fully saturated rings. The summed E-state index contributed by atoms with van der Waals surface area (Å²) in [6.45, 7) is 4.93. The Morgan fingerprint density at radius 2 is 1.77 bits per heavy atom.